The largest absolute Gasteiger partial charge is 0.305 e. The Morgan fingerprint density at radius 3 is 2.83 bits per heavy atom. The minimum Gasteiger partial charge on any atom is -0.305 e. The lowest BCUT2D eigenvalue weighted by atomic mass is 10.1. The normalized spacial score (nSPS) is 11.9. The van der Waals surface area contributed by atoms with Crippen LogP contribution in [0.3, 0.4) is 0 Å². The number of halogens is 3. The van der Waals surface area contributed by atoms with Gasteiger partial charge in [-0.05, 0) is 42.8 Å². The standard InChI is InChI=1S/C17H11ClF2N2O/c1-9-3-2-4-12-15(9)21-16(22-17(12)23)13(18)8-10-7-11(19)5-6-14(10)20/h2-8H,1H3,(H,21,22,23)/b13-8-. The van der Waals surface area contributed by atoms with Gasteiger partial charge in [0.25, 0.3) is 5.56 Å². The Bertz CT molecular complexity index is 996. The fraction of sp³-hybridized carbons (Fsp3) is 0.0588. The maximum Gasteiger partial charge on any atom is 0.259 e. The molecule has 1 heterocycles. The summed E-state index contributed by atoms with van der Waals surface area (Å²) in [5, 5.41) is 0.451. The van der Waals surface area contributed by atoms with Gasteiger partial charge in [0.05, 0.1) is 15.9 Å². The van der Waals surface area contributed by atoms with Crippen LogP contribution in [0, 0.1) is 18.6 Å². The Balaban J connectivity index is 2.16. The van der Waals surface area contributed by atoms with Crippen molar-refractivity contribution < 1.29 is 8.78 Å². The summed E-state index contributed by atoms with van der Waals surface area (Å²) < 4.78 is 26.9. The lowest BCUT2D eigenvalue weighted by Gasteiger charge is -2.05. The van der Waals surface area contributed by atoms with Gasteiger partial charge < -0.3 is 4.98 Å². The molecule has 0 saturated carbocycles. The zero-order chi connectivity index (χ0) is 16.6. The number of rotatable bonds is 2. The Hall–Kier alpha value is -2.53. The van der Waals surface area contributed by atoms with Gasteiger partial charge in [-0.3, -0.25) is 4.79 Å². The van der Waals surface area contributed by atoms with Gasteiger partial charge in [0.15, 0.2) is 5.82 Å². The van der Waals surface area contributed by atoms with Gasteiger partial charge in [-0.25, -0.2) is 13.8 Å². The van der Waals surface area contributed by atoms with Gasteiger partial charge in [0.1, 0.15) is 11.6 Å². The number of aryl methyl sites for hydroxylation is 1. The number of nitrogens with zero attached hydrogens (tertiary/aromatic N) is 1. The number of benzene rings is 2. The molecular formula is C17H11ClF2N2O. The first kappa shape index (κ1) is 15.4. The summed E-state index contributed by atoms with van der Waals surface area (Å²) in [5.74, 6) is -1.11. The van der Waals surface area contributed by atoms with Crippen LogP contribution in [-0.4, -0.2) is 9.97 Å². The molecule has 116 valence electrons. The average Bonchev–Trinajstić information content (AvgIpc) is 2.51. The molecule has 0 aliphatic rings. The molecule has 3 rings (SSSR count). The van der Waals surface area contributed by atoms with Crippen molar-refractivity contribution >= 4 is 33.6 Å². The number of fused-ring (bicyclic) bond motifs is 1. The van der Waals surface area contributed by atoms with Gasteiger partial charge in [0, 0.05) is 5.56 Å². The molecule has 3 aromatic rings. The van der Waals surface area contributed by atoms with E-state index in [1.165, 1.54) is 6.08 Å². The maximum atomic E-state index is 13.7. The first-order valence-corrected chi connectivity index (χ1v) is 7.16. The number of hydrogen-bond acceptors (Lipinski definition) is 2. The van der Waals surface area contributed by atoms with Gasteiger partial charge >= 0.3 is 0 Å². The molecule has 0 unspecified atom stereocenters. The maximum absolute atomic E-state index is 13.7. The van der Waals surface area contributed by atoms with Crippen molar-refractivity contribution in [2.45, 2.75) is 6.92 Å². The Morgan fingerprint density at radius 2 is 2.04 bits per heavy atom. The molecule has 0 bridgehead atoms. The van der Waals surface area contributed by atoms with Crippen molar-refractivity contribution in [2.24, 2.45) is 0 Å². The first-order chi connectivity index (χ1) is 11.0. The van der Waals surface area contributed by atoms with Crippen LogP contribution in [0.1, 0.15) is 17.0 Å². The van der Waals surface area contributed by atoms with E-state index >= 15 is 0 Å². The third-order valence-corrected chi connectivity index (χ3v) is 3.69. The van der Waals surface area contributed by atoms with E-state index in [-0.39, 0.29) is 22.0 Å². The molecule has 2 aromatic carbocycles. The summed E-state index contributed by atoms with van der Waals surface area (Å²) in [4.78, 5) is 19.0. The second-order valence-electron chi connectivity index (χ2n) is 5.04. The molecule has 0 amide bonds. The van der Waals surface area contributed by atoms with Crippen LogP contribution >= 0.6 is 11.6 Å². The summed E-state index contributed by atoms with van der Waals surface area (Å²) >= 11 is 6.13. The van der Waals surface area contributed by atoms with Crippen molar-refractivity contribution in [1.29, 1.82) is 0 Å². The minimum absolute atomic E-state index is 0.0109. The van der Waals surface area contributed by atoms with E-state index in [9.17, 15) is 13.6 Å². The van der Waals surface area contributed by atoms with Crippen molar-refractivity contribution in [3.8, 4) is 0 Å². The van der Waals surface area contributed by atoms with E-state index in [2.05, 4.69) is 9.97 Å². The molecule has 6 heteroatoms. The van der Waals surface area contributed by atoms with E-state index in [1.807, 2.05) is 13.0 Å². The van der Waals surface area contributed by atoms with Gasteiger partial charge in [-0.2, -0.15) is 0 Å². The monoisotopic (exact) mass is 332 g/mol. The molecule has 0 saturated heterocycles. The fourth-order valence-corrected chi connectivity index (χ4v) is 2.46. The molecule has 0 aliphatic heterocycles. The molecule has 0 radical (unpaired) electrons. The number of para-hydroxylation sites is 1. The summed E-state index contributed by atoms with van der Waals surface area (Å²) in [6.07, 6.45) is 1.22. The highest BCUT2D eigenvalue weighted by Gasteiger charge is 2.10. The van der Waals surface area contributed by atoms with Crippen LogP contribution in [0.25, 0.3) is 22.0 Å². The molecule has 0 atom stereocenters. The molecule has 1 aromatic heterocycles. The predicted molar refractivity (Wildman–Crippen MR) is 87.2 cm³/mol. The summed E-state index contributed by atoms with van der Waals surface area (Å²) in [7, 11) is 0. The molecular weight excluding hydrogens is 322 g/mol. The van der Waals surface area contributed by atoms with E-state index in [0.29, 0.717) is 10.9 Å². The van der Waals surface area contributed by atoms with Crippen LogP contribution in [0.15, 0.2) is 41.2 Å². The molecule has 0 aliphatic carbocycles. The molecule has 0 fully saturated rings. The van der Waals surface area contributed by atoms with Gasteiger partial charge in [-0.1, -0.05) is 23.7 Å². The van der Waals surface area contributed by atoms with Crippen molar-refractivity contribution in [2.75, 3.05) is 0 Å². The summed E-state index contributed by atoms with van der Waals surface area (Å²) in [6, 6.07) is 8.27. The highest BCUT2D eigenvalue weighted by molar-refractivity contribution is 6.50. The highest BCUT2D eigenvalue weighted by atomic mass is 35.5. The van der Waals surface area contributed by atoms with Crippen LogP contribution in [0.4, 0.5) is 8.78 Å². The number of hydrogen-bond donors (Lipinski definition) is 1. The second-order valence-corrected chi connectivity index (χ2v) is 5.45. The zero-order valence-corrected chi connectivity index (χ0v) is 12.8. The molecule has 23 heavy (non-hydrogen) atoms. The van der Waals surface area contributed by atoms with Crippen LogP contribution in [0.5, 0.6) is 0 Å². The van der Waals surface area contributed by atoms with Crippen LogP contribution in [0.2, 0.25) is 0 Å². The van der Waals surface area contributed by atoms with E-state index < -0.39 is 11.6 Å². The minimum atomic E-state index is -0.621. The quantitative estimate of drug-likeness (QED) is 0.762. The Morgan fingerprint density at radius 1 is 1.26 bits per heavy atom. The number of aromatic nitrogens is 2. The highest BCUT2D eigenvalue weighted by Crippen LogP contribution is 2.22. The lowest BCUT2D eigenvalue weighted by molar-refractivity contribution is 0.598. The third-order valence-electron chi connectivity index (χ3n) is 3.40. The fourth-order valence-electron chi connectivity index (χ4n) is 2.25. The van der Waals surface area contributed by atoms with Crippen molar-refractivity contribution in [1.82, 2.24) is 9.97 Å². The van der Waals surface area contributed by atoms with Crippen molar-refractivity contribution in [3.63, 3.8) is 0 Å². The Kier molecular flexibility index (Phi) is 3.96. The second kappa shape index (κ2) is 5.93. The smallest absolute Gasteiger partial charge is 0.259 e. The number of aromatic amines is 1. The summed E-state index contributed by atoms with van der Waals surface area (Å²) in [5.41, 5.74) is 0.955. The predicted octanol–water partition coefficient (Wildman–Crippen LogP) is 4.25. The first-order valence-electron chi connectivity index (χ1n) is 6.78. The van der Waals surface area contributed by atoms with E-state index in [1.54, 1.807) is 12.1 Å². The number of H-pyrrole nitrogens is 1. The topological polar surface area (TPSA) is 45.8 Å². The van der Waals surface area contributed by atoms with E-state index in [0.717, 1.165) is 23.8 Å². The Labute approximate surface area is 135 Å². The van der Waals surface area contributed by atoms with Gasteiger partial charge in [-0.15, -0.1) is 0 Å². The molecule has 3 nitrogen and oxygen atoms in total. The SMILES string of the molecule is Cc1cccc2c(=O)[nH]c(/C(Cl)=C/c3cc(F)ccc3F)nc12. The lowest BCUT2D eigenvalue weighted by Crippen LogP contribution is -2.11. The zero-order valence-electron chi connectivity index (χ0n) is 12.0. The molecule has 1 N–H and O–H groups in total. The van der Waals surface area contributed by atoms with E-state index in [4.69, 9.17) is 11.6 Å². The van der Waals surface area contributed by atoms with Gasteiger partial charge in [0.2, 0.25) is 0 Å². The van der Waals surface area contributed by atoms with Crippen molar-refractivity contribution in [3.05, 3.63) is 75.3 Å². The van der Waals surface area contributed by atoms with Crippen LogP contribution < -0.4 is 5.56 Å². The third kappa shape index (κ3) is 3.00. The average molecular weight is 333 g/mol. The summed E-state index contributed by atoms with van der Waals surface area (Å²) in [6.45, 7) is 1.82. The molecule has 0 spiro atoms. The number of nitrogens with one attached hydrogen (secondary N) is 1. The van der Waals surface area contributed by atoms with Crippen LogP contribution in [-0.2, 0) is 0 Å².